The highest BCUT2D eigenvalue weighted by Gasteiger charge is 2.44. The van der Waals surface area contributed by atoms with Crippen molar-refractivity contribution in [2.45, 2.75) is 19.3 Å². The van der Waals surface area contributed by atoms with Gasteiger partial charge in [0.05, 0.1) is 5.52 Å². The monoisotopic (exact) mass is 243 g/mol. The topological polar surface area (TPSA) is 12.9 Å². The predicted octanol–water partition coefficient (Wildman–Crippen LogP) is 3.90. The fraction of sp³-hybridized carbons (Fsp3) is 0.250. The SMILES string of the molecule is Cc1cc(C(F)(F)C(F)F)c2ccccc2n1. The lowest BCUT2D eigenvalue weighted by molar-refractivity contribution is -0.134. The summed E-state index contributed by atoms with van der Waals surface area (Å²) in [6, 6.07) is 7.04. The Bertz CT molecular complexity index is 551. The van der Waals surface area contributed by atoms with Gasteiger partial charge in [0.25, 0.3) is 0 Å². The molecule has 0 saturated heterocycles. The number of benzene rings is 1. The highest BCUT2D eigenvalue weighted by atomic mass is 19.3. The van der Waals surface area contributed by atoms with Crippen LogP contribution in [0.3, 0.4) is 0 Å². The molecule has 1 heterocycles. The van der Waals surface area contributed by atoms with Crippen LogP contribution in [0.4, 0.5) is 17.6 Å². The van der Waals surface area contributed by atoms with Gasteiger partial charge in [-0.3, -0.25) is 4.98 Å². The molecular weight excluding hydrogens is 234 g/mol. The summed E-state index contributed by atoms with van der Waals surface area (Å²) in [5.74, 6) is -4.16. The number of hydrogen-bond acceptors (Lipinski definition) is 1. The van der Waals surface area contributed by atoms with E-state index >= 15 is 0 Å². The summed E-state index contributed by atoms with van der Waals surface area (Å²) in [6.07, 6.45) is -3.73. The van der Waals surface area contributed by atoms with Gasteiger partial charge in [-0.25, -0.2) is 8.78 Å². The number of nitrogens with zero attached hydrogens (tertiary/aromatic N) is 1. The number of rotatable bonds is 2. The van der Waals surface area contributed by atoms with Crippen LogP contribution >= 0.6 is 0 Å². The summed E-state index contributed by atoms with van der Waals surface area (Å²) >= 11 is 0. The average molecular weight is 243 g/mol. The third kappa shape index (κ3) is 1.97. The van der Waals surface area contributed by atoms with Crippen LogP contribution in [0.5, 0.6) is 0 Å². The Morgan fingerprint density at radius 2 is 1.82 bits per heavy atom. The van der Waals surface area contributed by atoms with Crippen molar-refractivity contribution in [3.8, 4) is 0 Å². The molecule has 0 N–H and O–H groups in total. The van der Waals surface area contributed by atoms with Gasteiger partial charge in [-0.1, -0.05) is 18.2 Å². The van der Waals surface area contributed by atoms with Crippen molar-refractivity contribution in [2.24, 2.45) is 0 Å². The Kier molecular flexibility index (Phi) is 2.77. The summed E-state index contributed by atoms with van der Waals surface area (Å²) in [7, 11) is 0. The molecular formula is C12H9F4N. The van der Waals surface area contributed by atoms with E-state index in [0.717, 1.165) is 6.07 Å². The molecule has 1 aromatic heterocycles. The van der Waals surface area contributed by atoms with Crippen molar-refractivity contribution in [2.75, 3.05) is 0 Å². The van der Waals surface area contributed by atoms with E-state index < -0.39 is 17.9 Å². The first kappa shape index (κ1) is 11.8. The molecule has 1 aromatic carbocycles. The van der Waals surface area contributed by atoms with Crippen LogP contribution in [-0.2, 0) is 5.92 Å². The highest BCUT2D eigenvalue weighted by molar-refractivity contribution is 5.83. The van der Waals surface area contributed by atoms with Crippen molar-refractivity contribution in [3.63, 3.8) is 0 Å². The van der Waals surface area contributed by atoms with Crippen LogP contribution in [0.2, 0.25) is 0 Å². The summed E-state index contributed by atoms with van der Waals surface area (Å²) in [5, 5.41) is 0.0587. The summed E-state index contributed by atoms with van der Waals surface area (Å²) in [5.41, 5.74) is -0.0857. The third-order valence-corrected chi connectivity index (χ3v) is 2.48. The molecule has 0 radical (unpaired) electrons. The van der Waals surface area contributed by atoms with E-state index in [1.807, 2.05) is 0 Å². The lowest BCUT2D eigenvalue weighted by Gasteiger charge is -2.18. The number of pyridine rings is 1. The fourth-order valence-electron chi connectivity index (χ4n) is 1.70. The van der Waals surface area contributed by atoms with Crippen molar-refractivity contribution in [1.29, 1.82) is 0 Å². The van der Waals surface area contributed by atoms with Crippen molar-refractivity contribution >= 4 is 10.9 Å². The second-order valence-corrected chi connectivity index (χ2v) is 3.75. The molecule has 0 atom stereocenters. The molecule has 0 aliphatic heterocycles. The molecule has 0 unspecified atom stereocenters. The molecule has 0 amide bonds. The number of halogens is 4. The fourth-order valence-corrected chi connectivity index (χ4v) is 1.70. The Morgan fingerprint density at radius 1 is 1.18 bits per heavy atom. The molecule has 0 aliphatic rings. The molecule has 0 aliphatic carbocycles. The standard InChI is InChI=1S/C12H9F4N/c1-7-6-9(12(15,16)11(13)14)8-4-2-3-5-10(8)17-7/h2-6,11H,1H3. The Hall–Kier alpha value is -1.65. The van der Waals surface area contributed by atoms with Gasteiger partial charge in [0.1, 0.15) is 0 Å². The van der Waals surface area contributed by atoms with Crippen LogP contribution in [0.1, 0.15) is 11.3 Å². The van der Waals surface area contributed by atoms with Gasteiger partial charge in [0.15, 0.2) is 0 Å². The smallest absolute Gasteiger partial charge is 0.253 e. The molecule has 1 nitrogen and oxygen atoms in total. The van der Waals surface area contributed by atoms with E-state index in [1.165, 1.54) is 25.1 Å². The first-order valence-corrected chi connectivity index (χ1v) is 4.95. The van der Waals surface area contributed by atoms with Gasteiger partial charge < -0.3 is 0 Å². The second kappa shape index (κ2) is 3.98. The molecule has 5 heteroatoms. The maximum Gasteiger partial charge on any atom is 0.333 e. The van der Waals surface area contributed by atoms with Crippen LogP contribution in [0.15, 0.2) is 30.3 Å². The molecule has 2 rings (SSSR count). The molecule has 0 bridgehead atoms. The van der Waals surface area contributed by atoms with E-state index in [2.05, 4.69) is 4.98 Å². The van der Waals surface area contributed by atoms with Gasteiger partial charge in [-0.15, -0.1) is 0 Å². The van der Waals surface area contributed by atoms with Crippen LogP contribution < -0.4 is 0 Å². The predicted molar refractivity (Wildman–Crippen MR) is 56.4 cm³/mol. The molecule has 2 aromatic rings. The number of alkyl halides is 4. The number of para-hydroxylation sites is 1. The van der Waals surface area contributed by atoms with Crippen molar-refractivity contribution < 1.29 is 17.6 Å². The zero-order valence-corrected chi connectivity index (χ0v) is 8.92. The molecule has 0 saturated carbocycles. The lowest BCUT2D eigenvalue weighted by atomic mass is 10.0. The first-order valence-electron chi connectivity index (χ1n) is 4.95. The highest BCUT2D eigenvalue weighted by Crippen LogP contribution is 2.38. The van der Waals surface area contributed by atoms with Crippen LogP contribution in [0, 0.1) is 6.92 Å². The van der Waals surface area contributed by atoms with E-state index in [-0.39, 0.29) is 5.39 Å². The minimum atomic E-state index is -4.16. The van der Waals surface area contributed by atoms with E-state index in [9.17, 15) is 17.6 Å². The second-order valence-electron chi connectivity index (χ2n) is 3.75. The summed E-state index contributed by atoms with van der Waals surface area (Å²) < 4.78 is 51.6. The van der Waals surface area contributed by atoms with Gasteiger partial charge in [-0.05, 0) is 19.1 Å². The van der Waals surface area contributed by atoms with E-state index in [4.69, 9.17) is 0 Å². The first-order chi connectivity index (χ1) is 7.93. The van der Waals surface area contributed by atoms with Crippen LogP contribution in [0.25, 0.3) is 10.9 Å². The zero-order valence-electron chi connectivity index (χ0n) is 8.92. The maximum absolute atomic E-state index is 13.4. The number of fused-ring (bicyclic) bond motifs is 1. The van der Waals surface area contributed by atoms with Gasteiger partial charge in [-0.2, -0.15) is 8.78 Å². The Balaban J connectivity index is 2.76. The molecule has 0 fully saturated rings. The van der Waals surface area contributed by atoms with E-state index in [0.29, 0.717) is 11.2 Å². The zero-order chi connectivity index (χ0) is 12.6. The largest absolute Gasteiger partial charge is 0.333 e. The Labute approximate surface area is 95.1 Å². The number of aryl methyl sites for hydroxylation is 1. The van der Waals surface area contributed by atoms with Gasteiger partial charge >= 0.3 is 12.3 Å². The lowest BCUT2D eigenvalue weighted by Crippen LogP contribution is -2.24. The van der Waals surface area contributed by atoms with Crippen LogP contribution in [-0.4, -0.2) is 11.4 Å². The van der Waals surface area contributed by atoms with Gasteiger partial charge in [0, 0.05) is 16.6 Å². The normalized spacial score (nSPS) is 12.4. The minimum Gasteiger partial charge on any atom is -0.253 e. The van der Waals surface area contributed by atoms with Crippen molar-refractivity contribution in [1.82, 2.24) is 4.98 Å². The summed E-state index contributed by atoms with van der Waals surface area (Å²) in [6.45, 7) is 1.50. The number of hydrogen-bond donors (Lipinski definition) is 0. The number of aromatic nitrogens is 1. The van der Waals surface area contributed by atoms with Gasteiger partial charge in [0.2, 0.25) is 0 Å². The van der Waals surface area contributed by atoms with Crippen molar-refractivity contribution in [3.05, 3.63) is 41.6 Å². The van der Waals surface area contributed by atoms with E-state index in [1.54, 1.807) is 6.07 Å². The quantitative estimate of drug-likeness (QED) is 0.729. The minimum absolute atomic E-state index is 0.0587. The maximum atomic E-state index is 13.4. The summed E-state index contributed by atoms with van der Waals surface area (Å²) in [4.78, 5) is 4.03. The molecule has 90 valence electrons. The molecule has 17 heavy (non-hydrogen) atoms. The Morgan fingerprint density at radius 3 is 2.47 bits per heavy atom. The third-order valence-electron chi connectivity index (χ3n) is 2.48. The average Bonchev–Trinajstić information content (AvgIpc) is 2.27. The molecule has 0 spiro atoms.